The zero-order valence-corrected chi connectivity index (χ0v) is 10.8. The van der Waals surface area contributed by atoms with Crippen LogP contribution in [0.5, 0.6) is 0 Å². The normalized spacial score (nSPS) is 14.2. The number of nitrogens with one attached hydrogen (secondary N) is 1. The molecule has 0 spiro atoms. The van der Waals surface area contributed by atoms with E-state index in [1.54, 1.807) is 12.1 Å². The van der Waals surface area contributed by atoms with Crippen molar-refractivity contribution in [2.45, 2.75) is 38.8 Å². The van der Waals surface area contributed by atoms with Crippen LogP contribution in [0.1, 0.15) is 38.3 Å². The van der Waals surface area contributed by atoms with Crippen LogP contribution in [0, 0.1) is 10.1 Å². The van der Waals surface area contributed by atoms with Gasteiger partial charge in [0.1, 0.15) is 0 Å². The zero-order chi connectivity index (χ0) is 13.5. The minimum absolute atomic E-state index is 0.0361. The molecule has 1 rings (SSSR count). The lowest BCUT2D eigenvalue weighted by Crippen LogP contribution is -2.23. The Morgan fingerprint density at radius 2 is 2.22 bits per heavy atom. The summed E-state index contributed by atoms with van der Waals surface area (Å²) < 4.78 is 0. The van der Waals surface area contributed by atoms with Gasteiger partial charge in [-0.2, -0.15) is 0 Å². The van der Waals surface area contributed by atoms with Crippen LogP contribution in [0.15, 0.2) is 24.3 Å². The van der Waals surface area contributed by atoms with Gasteiger partial charge >= 0.3 is 0 Å². The maximum Gasteiger partial charge on any atom is 0.269 e. The van der Waals surface area contributed by atoms with E-state index in [2.05, 4.69) is 5.32 Å². The van der Waals surface area contributed by atoms with E-state index in [4.69, 9.17) is 0 Å². The highest BCUT2D eigenvalue weighted by molar-refractivity contribution is 5.35. The van der Waals surface area contributed by atoms with Crippen LogP contribution < -0.4 is 5.32 Å². The molecule has 2 atom stereocenters. The average Bonchev–Trinajstić information content (AvgIpc) is 2.38. The number of hydrogen-bond donors (Lipinski definition) is 2. The molecule has 0 aliphatic rings. The van der Waals surface area contributed by atoms with Crippen molar-refractivity contribution in [3.8, 4) is 0 Å². The Balaban J connectivity index is 2.53. The summed E-state index contributed by atoms with van der Waals surface area (Å²) >= 11 is 0. The highest BCUT2D eigenvalue weighted by Crippen LogP contribution is 2.18. The molecular weight excluding hydrogens is 232 g/mol. The molecular formula is C13H20N2O3. The van der Waals surface area contributed by atoms with Crippen LogP contribution >= 0.6 is 0 Å². The molecule has 18 heavy (non-hydrogen) atoms. The lowest BCUT2D eigenvalue weighted by atomic mass is 10.1. The second kappa shape index (κ2) is 7.08. The Kier molecular flexibility index (Phi) is 5.74. The minimum Gasteiger partial charge on any atom is -0.393 e. The first-order valence-corrected chi connectivity index (χ1v) is 6.20. The van der Waals surface area contributed by atoms with Crippen molar-refractivity contribution in [3.05, 3.63) is 39.9 Å². The summed E-state index contributed by atoms with van der Waals surface area (Å²) in [4.78, 5) is 10.3. The smallest absolute Gasteiger partial charge is 0.269 e. The van der Waals surface area contributed by atoms with E-state index in [0.29, 0.717) is 13.0 Å². The molecule has 0 radical (unpaired) electrons. The van der Waals surface area contributed by atoms with Gasteiger partial charge in [0.2, 0.25) is 0 Å². The van der Waals surface area contributed by atoms with E-state index < -0.39 is 4.92 Å². The zero-order valence-electron chi connectivity index (χ0n) is 10.8. The molecule has 100 valence electrons. The fraction of sp³-hybridized carbons (Fsp3) is 0.538. The number of aliphatic hydroxyl groups is 1. The monoisotopic (exact) mass is 252 g/mol. The predicted molar refractivity (Wildman–Crippen MR) is 70.4 cm³/mol. The van der Waals surface area contributed by atoms with Gasteiger partial charge in [0.25, 0.3) is 5.69 Å². The maximum absolute atomic E-state index is 10.7. The lowest BCUT2D eigenvalue weighted by Gasteiger charge is -2.15. The molecule has 0 saturated heterocycles. The van der Waals surface area contributed by atoms with E-state index in [9.17, 15) is 15.2 Å². The van der Waals surface area contributed by atoms with E-state index in [0.717, 1.165) is 12.0 Å². The number of benzene rings is 1. The summed E-state index contributed by atoms with van der Waals surface area (Å²) in [5.41, 5.74) is 0.991. The Hall–Kier alpha value is -1.46. The molecule has 0 fully saturated rings. The number of nitro benzene ring substituents is 1. The SMILES string of the molecule is CCC(O)CCNC(C)c1cccc([N+](=O)[O-])c1. The molecule has 0 heterocycles. The molecule has 0 saturated carbocycles. The lowest BCUT2D eigenvalue weighted by molar-refractivity contribution is -0.384. The summed E-state index contributed by atoms with van der Waals surface area (Å²) in [5, 5.41) is 23.3. The second-order valence-electron chi connectivity index (χ2n) is 4.38. The Labute approximate surface area is 107 Å². The topological polar surface area (TPSA) is 75.4 Å². The van der Waals surface area contributed by atoms with Crippen molar-refractivity contribution >= 4 is 5.69 Å². The van der Waals surface area contributed by atoms with Gasteiger partial charge in [0, 0.05) is 18.2 Å². The summed E-state index contributed by atoms with van der Waals surface area (Å²) in [5.74, 6) is 0. The minimum atomic E-state index is -0.392. The fourth-order valence-corrected chi connectivity index (χ4v) is 1.70. The molecule has 0 aromatic heterocycles. The third-order valence-corrected chi connectivity index (χ3v) is 2.98. The summed E-state index contributed by atoms with van der Waals surface area (Å²) in [6.07, 6.45) is 1.15. The first kappa shape index (κ1) is 14.6. The van der Waals surface area contributed by atoms with Crippen LogP contribution in [0.3, 0.4) is 0 Å². The van der Waals surface area contributed by atoms with E-state index >= 15 is 0 Å². The van der Waals surface area contributed by atoms with Gasteiger partial charge < -0.3 is 10.4 Å². The Bertz CT molecular complexity index is 396. The first-order valence-electron chi connectivity index (χ1n) is 6.20. The molecule has 5 nitrogen and oxygen atoms in total. The van der Waals surface area contributed by atoms with Crippen LogP contribution in [-0.2, 0) is 0 Å². The number of hydrogen-bond acceptors (Lipinski definition) is 4. The maximum atomic E-state index is 10.7. The molecule has 0 amide bonds. The highest BCUT2D eigenvalue weighted by atomic mass is 16.6. The number of rotatable bonds is 7. The van der Waals surface area contributed by atoms with Crippen molar-refractivity contribution in [1.82, 2.24) is 5.32 Å². The molecule has 0 aliphatic carbocycles. The van der Waals surface area contributed by atoms with Crippen molar-refractivity contribution < 1.29 is 10.0 Å². The summed E-state index contributed by atoms with van der Waals surface area (Å²) in [7, 11) is 0. The Morgan fingerprint density at radius 1 is 1.50 bits per heavy atom. The molecule has 5 heteroatoms. The van der Waals surface area contributed by atoms with Gasteiger partial charge in [0.05, 0.1) is 11.0 Å². The fourth-order valence-electron chi connectivity index (χ4n) is 1.70. The largest absolute Gasteiger partial charge is 0.393 e. The van der Waals surface area contributed by atoms with Crippen molar-refractivity contribution in [3.63, 3.8) is 0 Å². The molecule has 1 aromatic rings. The average molecular weight is 252 g/mol. The standard InChI is InChI=1S/C13H20N2O3/c1-3-13(16)7-8-14-10(2)11-5-4-6-12(9-11)15(17)18/h4-6,9-10,13-14,16H,3,7-8H2,1-2H3. The van der Waals surface area contributed by atoms with Gasteiger partial charge in [-0.1, -0.05) is 19.1 Å². The van der Waals surface area contributed by atoms with Gasteiger partial charge in [-0.15, -0.1) is 0 Å². The third-order valence-electron chi connectivity index (χ3n) is 2.98. The molecule has 1 aromatic carbocycles. The number of non-ortho nitro benzene ring substituents is 1. The van der Waals surface area contributed by atoms with Gasteiger partial charge in [0.15, 0.2) is 0 Å². The number of aliphatic hydroxyl groups excluding tert-OH is 1. The van der Waals surface area contributed by atoms with Gasteiger partial charge in [-0.25, -0.2) is 0 Å². The second-order valence-corrected chi connectivity index (χ2v) is 4.38. The molecule has 0 bridgehead atoms. The van der Waals surface area contributed by atoms with Crippen molar-refractivity contribution in [1.29, 1.82) is 0 Å². The van der Waals surface area contributed by atoms with Gasteiger partial charge in [-0.3, -0.25) is 10.1 Å². The van der Waals surface area contributed by atoms with Crippen LogP contribution in [0.2, 0.25) is 0 Å². The quantitative estimate of drug-likeness (QED) is 0.577. The van der Waals surface area contributed by atoms with Gasteiger partial charge in [-0.05, 0) is 31.9 Å². The predicted octanol–water partition coefficient (Wildman–Crippen LogP) is 2.41. The van der Waals surface area contributed by atoms with Crippen molar-refractivity contribution in [2.75, 3.05) is 6.54 Å². The van der Waals surface area contributed by atoms with Crippen LogP contribution in [0.25, 0.3) is 0 Å². The third kappa shape index (κ3) is 4.43. The van der Waals surface area contributed by atoms with Crippen LogP contribution in [-0.4, -0.2) is 22.7 Å². The summed E-state index contributed by atoms with van der Waals surface area (Å²) in [6.45, 7) is 4.59. The van der Waals surface area contributed by atoms with E-state index in [1.165, 1.54) is 6.07 Å². The van der Waals surface area contributed by atoms with Crippen LogP contribution in [0.4, 0.5) is 5.69 Å². The van der Waals surface area contributed by atoms with Crippen molar-refractivity contribution in [2.24, 2.45) is 0 Å². The number of nitro groups is 1. The van der Waals surface area contributed by atoms with E-state index in [1.807, 2.05) is 19.9 Å². The molecule has 0 aliphatic heterocycles. The first-order chi connectivity index (χ1) is 8.54. The Morgan fingerprint density at radius 3 is 2.83 bits per heavy atom. The molecule has 2 unspecified atom stereocenters. The summed E-state index contributed by atoms with van der Waals surface area (Å²) in [6, 6.07) is 6.65. The highest BCUT2D eigenvalue weighted by Gasteiger charge is 2.10. The molecule has 2 N–H and O–H groups in total. The number of nitrogens with zero attached hydrogens (tertiary/aromatic N) is 1. The van der Waals surface area contributed by atoms with E-state index in [-0.39, 0.29) is 17.8 Å².